The van der Waals surface area contributed by atoms with Crippen LogP contribution in [0.2, 0.25) is 0 Å². The topological polar surface area (TPSA) is 77.8 Å². The quantitative estimate of drug-likeness (QED) is 0.931. The standard InChI is InChI=1S/C13H16N4O.ClH/c14-11-4-3-10(7-11)13-16-12(17-18-13)6-9-2-1-5-15-8-9;/h1-2,5,8,10-11H,3-4,6-7,14H2;1H. The van der Waals surface area contributed by atoms with Crippen LogP contribution in [0, 0.1) is 0 Å². The molecule has 19 heavy (non-hydrogen) atoms. The minimum absolute atomic E-state index is 0. The smallest absolute Gasteiger partial charge is 0.229 e. The average molecular weight is 281 g/mol. The van der Waals surface area contributed by atoms with Gasteiger partial charge in [-0.25, -0.2) is 0 Å². The molecule has 0 spiro atoms. The second-order valence-corrected chi connectivity index (χ2v) is 4.86. The van der Waals surface area contributed by atoms with Crippen molar-refractivity contribution in [1.29, 1.82) is 0 Å². The van der Waals surface area contributed by atoms with Crippen molar-refractivity contribution in [3.05, 3.63) is 41.8 Å². The van der Waals surface area contributed by atoms with E-state index in [-0.39, 0.29) is 18.4 Å². The fourth-order valence-corrected chi connectivity index (χ4v) is 2.43. The Kier molecular flexibility index (Phi) is 4.50. The Morgan fingerprint density at radius 2 is 2.26 bits per heavy atom. The van der Waals surface area contributed by atoms with Gasteiger partial charge in [-0.1, -0.05) is 11.2 Å². The van der Waals surface area contributed by atoms with E-state index >= 15 is 0 Å². The third kappa shape index (κ3) is 3.30. The average Bonchev–Trinajstić information content (AvgIpc) is 2.99. The summed E-state index contributed by atoms with van der Waals surface area (Å²) in [6.07, 6.45) is 7.29. The lowest BCUT2D eigenvalue weighted by molar-refractivity contribution is 0.350. The van der Waals surface area contributed by atoms with Crippen molar-refractivity contribution in [1.82, 2.24) is 15.1 Å². The molecule has 2 unspecified atom stereocenters. The molecule has 1 aliphatic carbocycles. The van der Waals surface area contributed by atoms with Gasteiger partial charge in [0.25, 0.3) is 0 Å². The van der Waals surface area contributed by atoms with Gasteiger partial charge >= 0.3 is 0 Å². The molecule has 2 atom stereocenters. The highest BCUT2D eigenvalue weighted by molar-refractivity contribution is 5.85. The van der Waals surface area contributed by atoms with Crippen LogP contribution < -0.4 is 5.73 Å². The van der Waals surface area contributed by atoms with Gasteiger partial charge in [-0.3, -0.25) is 4.98 Å². The summed E-state index contributed by atoms with van der Waals surface area (Å²) in [7, 11) is 0. The van der Waals surface area contributed by atoms with Crippen LogP contribution in [-0.4, -0.2) is 21.2 Å². The largest absolute Gasteiger partial charge is 0.339 e. The van der Waals surface area contributed by atoms with Gasteiger partial charge in [-0.2, -0.15) is 4.98 Å². The molecule has 0 aromatic carbocycles. The second-order valence-electron chi connectivity index (χ2n) is 4.86. The first-order valence-corrected chi connectivity index (χ1v) is 6.28. The zero-order valence-electron chi connectivity index (χ0n) is 10.5. The number of hydrogen-bond acceptors (Lipinski definition) is 5. The maximum absolute atomic E-state index is 5.89. The highest BCUT2D eigenvalue weighted by Crippen LogP contribution is 2.32. The first-order valence-electron chi connectivity index (χ1n) is 6.28. The number of rotatable bonds is 3. The second kappa shape index (κ2) is 6.12. The van der Waals surface area contributed by atoms with Gasteiger partial charge in [0.1, 0.15) is 0 Å². The number of aromatic nitrogens is 3. The van der Waals surface area contributed by atoms with Crippen LogP contribution in [0.1, 0.15) is 42.5 Å². The Bertz CT molecular complexity index is 516. The number of pyridine rings is 1. The molecule has 2 N–H and O–H groups in total. The SMILES string of the molecule is Cl.NC1CCC(c2nc(Cc3cccnc3)no2)C1. The van der Waals surface area contributed by atoms with Crippen molar-refractivity contribution in [2.24, 2.45) is 5.73 Å². The zero-order valence-corrected chi connectivity index (χ0v) is 11.3. The predicted molar refractivity (Wildman–Crippen MR) is 73.2 cm³/mol. The zero-order chi connectivity index (χ0) is 12.4. The van der Waals surface area contributed by atoms with Crippen molar-refractivity contribution < 1.29 is 4.52 Å². The maximum Gasteiger partial charge on any atom is 0.229 e. The summed E-state index contributed by atoms with van der Waals surface area (Å²) in [5.41, 5.74) is 6.99. The van der Waals surface area contributed by atoms with Crippen LogP contribution in [0.5, 0.6) is 0 Å². The van der Waals surface area contributed by atoms with Gasteiger partial charge < -0.3 is 10.3 Å². The van der Waals surface area contributed by atoms with Crippen molar-refractivity contribution in [3.8, 4) is 0 Å². The summed E-state index contributed by atoms with van der Waals surface area (Å²) in [6.45, 7) is 0. The van der Waals surface area contributed by atoms with E-state index in [4.69, 9.17) is 10.3 Å². The minimum atomic E-state index is 0. The summed E-state index contributed by atoms with van der Waals surface area (Å²) in [6, 6.07) is 4.20. The van der Waals surface area contributed by atoms with Gasteiger partial charge in [-0.05, 0) is 30.9 Å². The molecule has 2 heterocycles. The highest BCUT2D eigenvalue weighted by atomic mass is 35.5. The molecule has 102 valence electrons. The third-order valence-electron chi connectivity index (χ3n) is 3.39. The molecular weight excluding hydrogens is 264 g/mol. The van der Waals surface area contributed by atoms with Crippen molar-refractivity contribution in [3.63, 3.8) is 0 Å². The molecule has 2 aromatic heterocycles. The van der Waals surface area contributed by atoms with Gasteiger partial charge in [-0.15, -0.1) is 12.4 Å². The van der Waals surface area contributed by atoms with E-state index in [1.807, 2.05) is 18.3 Å². The maximum atomic E-state index is 5.89. The Morgan fingerprint density at radius 1 is 1.37 bits per heavy atom. The van der Waals surface area contributed by atoms with Crippen LogP contribution in [0.4, 0.5) is 0 Å². The number of halogens is 1. The van der Waals surface area contributed by atoms with Crippen molar-refractivity contribution in [2.75, 3.05) is 0 Å². The van der Waals surface area contributed by atoms with Gasteiger partial charge in [0, 0.05) is 30.8 Å². The lowest BCUT2D eigenvalue weighted by Gasteiger charge is -2.01. The van der Waals surface area contributed by atoms with E-state index in [1.54, 1.807) is 6.20 Å². The molecule has 5 nitrogen and oxygen atoms in total. The summed E-state index contributed by atoms with van der Waals surface area (Å²) in [4.78, 5) is 8.53. The Labute approximate surface area is 118 Å². The third-order valence-corrected chi connectivity index (χ3v) is 3.39. The molecule has 1 fully saturated rings. The molecule has 3 rings (SSSR count). The van der Waals surface area contributed by atoms with E-state index in [0.717, 1.165) is 36.5 Å². The molecule has 2 aromatic rings. The summed E-state index contributed by atoms with van der Waals surface area (Å²) >= 11 is 0. The Morgan fingerprint density at radius 3 is 2.95 bits per heavy atom. The molecule has 0 saturated heterocycles. The minimum Gasteiger partial charge on any atom is -0.339 e. The molecule has 0 aliphatic heterocycles. The van der Waals surface area contributed by atoms with E-state index in [2.05, 4.69) is 15.1 Å². The van der Waals surface area contributed by atoms with Crippen molar-refractivity contribution >= 4 is 12.4 Å². The first kappa shape index (κ1) is 14.0. The van der Waals surface area contributed by atoms with Crippen LogP contribution in [0.25, 0.3) is 0 Å². The van der Waals surface area contributed by atoms with Gasteiger partial charge in [0.15, 0.2) is 5.82 Å². The number of nitrogens with two attached hydrogens (primary N) is 1. The fraction of sp³-hybridized carbons (Fsp3) is 0.462. The summed E-state index contributed by atoms with van der Waals surface area (Å²) in [5, 5.41) is 4.03. The van der Waals surface area contributed by atoms with Crippen LogP contribution in [0.3, 0.4) is 0 Å². The van der Waals surface area contributed by atoms with E-state index in [9.17, 15) is 0 Å². The normalized spacial score (nSPS) is 22.2. The van der Waals surface area contributed by atoms with E-state index in [1.165, 1.54) is 0 Å². The molecule has 0 bridgehead atoms. The lowest BCUT2D eigenvalue weighted by atomic mass is 10.1. The molecule has 6 heteroatoms. The van der Waals surface area contributed by atoms with Crippen LogP contribution in [-0.2, 0) is 6.42 Å². The molecule has 1 aliphatic rings. The van der Waals surface area contributed by atoms with Crippen LogP contribution >= 0.6 is 12.4 Å². The monoisotopic (exact) mass is 280 g/mol. The molecule has 0 amide bonds. The van der Waals surface area contributed by atoms with E-state index < -0.39 is 0 Å². The molecule has 1 saturated carbocycles. The van der Waals surface area contributed by atoms with Crippen LogP contribution in [0.15, 0.2) is 29.0 Å². The summed E-state index contributed by atoms with van der Waals surface area (Å²) in [5.74, 6) is 1.80. The molecule has 0 radical (unpaired) electrons. The highest BCUT2D eigenvalue weighted by Gasteiger charge is 2.27. The lowest BCUT2D eigenvalue weighted by Crippen LogP contribution is -2.14. The predicted octanol–water partition coefficient (Wildman–Crippen LogP) is 2.07. The summed E-state index contributed by atoms with van der Waals surface area (Å²) < 4.78 is 5.33. The fourth-order valence-electron chi connectivity index (χ4n) is 2.43. The van der Waals surface area contributed by atoms with E-state index in [0.29, 0.717) is 12.3 Å². The van der Waals surface area contributed by atoms with Gasteiger partial charge in [0.05, 0.1) is 0 Å². The Balaban J connectivity index is 0.00000133. The van der Waals surface area contributed by atoms with Gasteiger partial charge in [0.2, 0.25) is 5.89 Å². The first-order chi connectivity index (χ1) is 8.81. The van der Waals surface area contributed by atoms with Crippen molar-refractivity contribution in [2.45, 2.75) is 37.6 Å². The molecular formula is C13H17ClN4O. The Hall–Kier alpha value is -1.46. The number of nitrogens with zero attached hydrogens (tertiary/aromatic N) is 3. The number of hydrogen-bond donors (Lipinski definition) is 1.